The molecule has 0 bridgehead atoms. The molecule has 234 valence electrons. The van der Waals surface area contributed by atoms with Crippen molar-refractivity contribution in [2.75, 3.05) is 4.90 Å². The Kier molecular flexibility index (Phi) is 6.53. The van der Waals surface area contributed by atoms with Crippen LogP contribution >= 0.6 is 0 Å². The van der Waals surface area contributed by atoms with Crippen molar-refractivity contribution in [3.05, 3.63) is 194 Å². The Morgan fingerprint density at radius 1 is 0.320 bits per heavy atom. The smallest absolute Gasteiger partial charge is 0.0542 e. The van der Waals surface area contributed by atoms with Crippen molar-refractivity contribution in [3.63, 3.8) is 0 Å². The van der Waals surface area contributed by atoms with Gasteiger partial charge in [0.05, 0.1) is 11.0 Å². The Balaban J connectivity index is 1.10. The monoisotopic (exact) mass is 636 g/mol. The van der Waals surface area contributed by atoms with E-state index in [9.17, 15) is 0 Å². The topological polar surface area (TPSA) is 8.17 Å². The Morgan fingerprint density at radius 2 is 0.960 bits per heavy atom. The highest BCUT2D eigenvalue weighted by molar-refractivity contribution is 6.15. The zero-order chi connectivity index (χ0) is 33.0. The predicted molar refractivity (Wildman–Crippen MR) is 213 cm³/mol. The number of anilines is 3. The van der Waals surface area contributed by atoms with E-state index in [0.717, 1.165) is 22.7 Å². The summed E-state index contributed by atoms with van der Waals surface area (Å²) in [5.41, 5.74) is 9.37. The van der Waals surface area contributed by atoms with E-state index in [4.69, 9.17) is 0 Å². The van der Waals surface area contributed by atoms with E-state index in [1.54, 1.807) is 0 Å². The molecular formula is C48H32N2. The summed E-state index contributed by atoms with van der Waals surface area (Å²) < 4.78 is 2.37. The maximum atomic E-state index is 2.37. The van der Waals surface area contributed by atoms with Crippen LogP contribution in [0.5, 0.6) is 0 Å². The van der Waals surface area contributed by atoms with Crippen LogP contribution in [0.25, 0.3) is 70.9 Å². The SMILES string of the molecule is c1ccc(N(c2ccc(-c3cccc4c3ccc3cc5ccccc5cc34)cc2)c2ccc3c(c2)c2ccccc2n3-c2ccccc2)cc1. The zero-order valence-electron chi connectivity index (χ0n) is 27.4. The highest BCUT2D eigenvalue weighted by atomic mass is 15.1. The second-order valence-corrected chi connectivity index (χ2v) is 13.0. The summed E-state index contributed by atoms with van der Waals surface area (Å²) in [5.74, 6) is 0. The summed E-state index contributed by atoms with van der Waals surface area (Å²) in [6.07, 6.45) is 0. The maximum absolute atomic E-state index is 2.37. The quantitative estimate of drug-likeness (QED) is 0.135. The normalized spacial score (nSPS) is 11.6. The first-order valence-electron chi connectivity index (χ1n) is 17.2. The number of nitrogens with zero attached hydrogens (tertiary/aromatic N) is 2. The summed E-state index contributed by atoms with van der Waals surface area (Å²) in [6, 6.07) is 70.4. The molecule has 0 amide bonds. The minimum atomic E-state index is 1.11. The van der Waals surface area contributed by atoms with Gasteiger partial charge in [0, 0.05) is 33.5 Å². The van der Waals surface area contributed by atoms with Gasteiger partial charge in [-0.3, -0.25) is 0 Å². The fourth-order valence-electron chi connectivity index (χ4n) is 7.80. The van der Waals surface area contributed by atoms with Crippen molar-refractivity contribution < 1.29 is 0 Å². The molecule has 0 aliphatic carbocycles. The first kappa shape index (κ1) is 28.4. The first-order chi connectivity index (χ1) is 24.8. The number of benzene rings is 9. The second-order valence-electron chi connectivity index (χ2n) is 13.0. The number of hydrogen-bond donors (Lipinski definition) is 0. The lowest BCUT2D eigenvalue weighted by Crippen LogP contribution is -2.09. The molecule has 2 heteroatoms. The van der Waals surface area contributed by atoms with Crippen molar-refractivity contribution in [1.29, 1.82) is 0 Å². The van der Waals surface area contributed by atoms with Gasteiger partial charge in [-0.05, 0) is 116 Å². The van der Waals surface area contributed by atoms with Crippen LogP contribution in [0.15, 0.2) is 194 Å². The summed E-state index contributed by atoms with van der Waals surface area (Å²) in [7, 11) is 0. The molecule has 0 N–H and O–H groups in total. The second kappa shape index (κ2) is 11.5. The van der Waals surface area contributed by atoms with Crippen molar-refractivity contribution in [2.24, 2.45) is 0 Å². The van der Waals surface area contributed by atoms with Crippen molar-refractivity contribution in [2.45, 2.75) is 0 Å². The van der Waals surface area contributed by atoms with Crippen LogP contribution in [0.3, 0.4) is 0 Å². The molecule has 50 heavy (non-hydrogen) atoms. The van der Waals surface area contributed by atoms with Gasteiger partial charge < -0.3 is 9.47 Å². The van der Waals surface area contributed by atoms with Crippen LogP contribution in [0.1, 0.15) is 0 Å². The predicted octanol–water partition coefficient (Wildman–Crippen LogP) is 13.4. The fourth-order valence-corrected chi connectivity index (χ4v) is 7.80. The van der Waals surface area contributed by atoms with Crippen molar-refractivity contribution in [1.82, 2.24) is 4.57 Å². The average Bonchev–Trinajstić information content (AvgIpc) is 3.52. The Hall–Kier alpha value is -6.64. The maximum Gasteiger partial charge on any atom is 0.0542 e. The van der Waals surface area contributed by atoms with Gasteiger partial charge in [0.15, 0.2) is 0 Å². The van der Waals surface area contributed by atoms with Gasteiger partial charge in [-0.25, -0.2) is 0 Å². The molecule has 0 radical (unpaired) electrons. The lowest BCUT2D eigenvalue weighted by atomic mass is 9.93. The van der Waals surface area contributed by atoms with Gasteiger partial charge in [-0.15, -0.1) is 0 Å². The summed E-state index contributed by atoms with van der Waals surface area (Å²) in [4.78, 5) is 2.36. The van der Waals surface area contributed by atoms with Gasteiger partial charge in [-0.2, -0.15) is 0 Å². The number of fused-ring (bicyclic) bond motifs is 7. The van der Waals surface area contributed by atoms with Crippen LogP contribution in [-0.2, 0) is 0 Å². The molecule has 10 rings (SSSR count). The van der Waals surface area contributed by atoms with E-state index < -0.39 is 0 Å². The lowest BCUT2D eigenvalue weighted by Gasteiger charge is -2.26. The van der Waals surface area contributed by atoms with Gasteiger partial charge in [0.25, 0.3) is 0 Å². The zero-order valence-corrected chi connectivity index (χ0v) is 27.4. The summed E-state index contributed by atoms with van der Waals surface area (Å²) in [6.45, 7) is 0. The Bertz CT molecular complexity index is 2850. The molecule has 10 aromatic rings. The molecule has 0 atom stereocenters. The van der Waals surface area contributed by atoms with Gasteiger partial charge in [0.1, 0.15) is 0 Å². The highest BCUT2D eigenvalue weighted by Gasteiger charge is 2.17. The van der Waals surface area contributed by atoms with E-state index in [0.29, 0.717) is 0 Å². The molecule has 0 saturated heterocycles. The van der Waals surface area contributed by atoms with E-state index in [1.807, 2.05) is 0 Å². The number of hydrogen-bond acceptors (Lipinski definition) is 1. The third kappa shape index (κ3) is 4.57. The fraction of sp³-hybridized carbons (Fsp3) is 0. The van der Waals surface area contributed by atoms with E-state index >= 15 is 0 Å². The third-order valence-corrected chi connectivity index (χ3v) is 10.1. The highest BCUT2D eigenvalue weighted by Crippen LogP contribution is 2.41. The lowest BCUT2D eigenvalue weighted by molar-refractivity contribution is 1.18. The van der Waals surface area contributed by atoms with Crippen LogP contribution < -0.4 is 4.90 Å². The van der Waals surface area contributed by atoms with Crippen LogP contribution in [0, 0.1) is 0 Å². The van der Waals surface area contributed by atoms with Gasteiger partial charge >= 0.3 is 0 Å². The van der Waals surface area contributed by atoms with Crippen molar-refractivity contribution in [3.8, 4) is 16.8 Å². The summed E-state index contributed by atoms with van der Waals surface area (Å²) >= 11 is 0. The molecule has 0 aliphatic rings. The molecule has 0 spiro atoms. The molecule has 2 nitrogen and oxygen atoms in total. The molecule has 0 aliphatic heterocycles. The Labute approximate surface area is 290 Å². The third-order valence-electron chi connectivity index (χ3n) is 10.1. The van der Waals surface area contributed by atoms with Crippen LogP contribution in [0.4, 0.5) is 17.1 Å². The number of para-hydroxylation sites is 3. The van der Waals surface area contributed by atoms with Crippen LogP contribution in [0.2, 0.25) is 0 Å². The summed E-state index contributed by atoms with van der Waals surface area (Å²) in [5, 5.41) is 10.1. The number of rotatable bonds is 5. The molecule has 0 saturated carbocycles. The molecule has 0 fully saturated rings. The van der Waals surface area contributed by atoms with E-state index in [-0.39, 0.29) is 0 Å². The molecule has 9 aromatic carbocycles. The standard InChI is InChI=1S/C48H32N2/c1-3-14-37(15-4-1)49(40-27-29-48-46(32-40)44-18-9-10-21-47(44)50(48)38-16-5-2-6-17-38)39-25-22-33(23-26-39)41-19-11-20-42-43(41)28-24-36-30-34-12-7-8-13-35(34)31-45(36)42/h1-32H. The average molecular weight is 637 g/mol. The Morgan fingerprint density at radius 3 is 1.78 bits per heavy atom. The minimum absolute atomic E-state index is 1.11. The molecular weight excluding hydrogens is 605 g/mol. The van der Waals surface area contributed by atoms with E-state index in [2.05, 4.69) is 204 Å². The van der Waals surface area contributed by atoms with Gasteiger partial charge in [0.2, 0.25) is 0 Å². The van der Waals surface area contributed by atoms with Crippen molar-refractivity contribution >= 4 is 71.2 Å². The molecule has 1 aromatic heterocycles. The van der Waals surface area contributed by atoms with E-state index in [1.165, 1.54) is 65.3 Å². The van der Waals surface area contributed by atoms with Crippen LogP contribution in [-0.4, -0.2) is 4.57 Å². The molecule has 1 heterocycles. The van der Waals surface area contributed by atoms with Gasteiger partial charge in [-0.1, -0.05) is 121 Å². The number of aromatic nitrogens is 1. The first-order valence-corrected chi connectivity index (χ1v) is 17.2. The largest absolute Gasteiger partial charge is 0.310 e. The minimum Gasteiger partial charge on any atom is -0.310 e. The molecule has 0 unspecified atom stereocenters.